The van der Waals surface area contributed by atoms with Crippen molar-refractivity contribution >= 4 is 34.1 Å². The molecule has 0 bridgehead atoms. The Morgan fingerprint density at radius 3 is 2.40 bits per heavy atom. The van der Waals surface area contributed by atoms with Gasteiger partial charge in [-0.1, -0.05) is 19.4 Å². The summed E-state index contributed by atoms with van der Waals surface area (Å²) in [6.45, 7) is 9.91. The van der Waals surface area contributed by atoms with E-state index in [4.69, 9.17) is 4.74 Å². The van der Waals surface area contributed by atoms with Crippen LogP contribution in [-0.2, 0) is 19.5 Å². The number of benzene rings is 2. The van der Waals surface area contributed by atoms with Crippen molar-refractivity contribution < 1.29 is 19.0 Å². The fourth-order valence-electron chi connectivity index (χ4n) is 6.44. The Morgan fingerprint density at radius 2 is 1.75 bits per heavy atom. The molecule has 48 heavy (non-hydrogen) atoms. The Bertz CT molecular complexity index is 1960. The third-order valence-electron chi connectivity index (χ3n) is 9.09. The number of pyridine rings is 1. The topological polar surface area (TPSA) is 142 Å². The molecule has 1 aliphatic heterocycles. The summed E-state index contributed by atoms with van der Waals surface area (Å²) in [7, 11) is 1.42. The second kappa shape index (κ2) is 14.9. The van der Waals surface area contributed by atoms with Crippen molar-refractivity contribution in [3.8, 4) is 5.75 Å². The Hall–Kier alpha value is -4.91. The first-order valence-electron chi connectivity index (χ1n) is 16.4. The number of anilines is 3. The fraction of sp³-hybridized carbons (Fsp3) is 0.429. The monoisotopic (exact) mass is 662 g/mol. The molecule has 0 atom stereocenters. The highest BCUT2D eigenvalue weighted by atomic mass is 19.1. The van der Waals surface area contributed by atoms with Gasteiger partial charge in [0.15, 0.2) is 11.6 Å². The minimum absolute atomic E-state index is 0.0295. The van der Waals surface area contributed by atoms with Gasteiger partial charge in [-0.2, -0.15) is 0 Å². The highest BCUT2D eigenvalue weighted by molar-refractivity contribution is 5.97. The summed E-state index contributed by atoms with van der Waals surface area (Å²) in [6.07, 6.45) is 4.55. The molecule has 1 fully saturated rings. The van der Waals surface area contributed by atoms with Crippen molar-refractivity contribution in [1.82, 2.24) is 19.0 Å². The summed E-state index contributed by atoms with van der Waals surface area (Å²) in [5.74, 6) is -1.42. The maximum Gasteiger partial charge on any atom is 0.341 e. The lowest BCUT2D eigenvalue weighted by atomic mass is 10.1. The molecule has 0 amide bonds. The number of nitrogens with one attached hydrogen (secondary N) is 2. The van der Waals surface area contributed by atoms with E-state index < -0.39 is 28.5 Å². The molecule has 0 aliphatic carbocycles. The lowest BCUT2D eigenvalue weighted by molar-refractivity contribution is 0.0694. The number of nitrogens with zero attached hydrogens (tertiary/aromatic N) is 4. The number of hydrogen-bond acceptors (Lipinski definition) is 8. The van der Waals surface area contributed by atoms with E-state index in [1.54, 1.807) is 4.57 Å². The standard InChI is InChI=1S/C35H43FN6O6/c1-5-23-18-24(11-10-22(23)3)37-28-20-29(43)42(35(47)38-28)13-9-7-8-12-39-14-16-41(17-15-39)31-27(36)19-25-30(33(31)48-4)40(6-2)21-26(32(25)44)34(45)46/h10-11,18-21,37H,5-9,12-17H2,1-4H3,(H,38,47)(H,45,46). The van der Waals surface area contributed by atoms with E-state index in [1.807, 2.05) is 30.0 Å². The highest BCUT2D eigenvalue weighted by Crippen LogP contribution is 2.38. The fourth-order valence-corrected chi connectivity index (χ4v) is 6.44. The van der Waals surface area contributed by atoms with E-state index in [9.17, 15) is 24.3 Å². The van der Waals surface area contributed by atoms with Crippen LogP contribution in [0.1, 0.15) is 54.6 Å². The second-order valence-electron chi connectivity index (χ2n) is 12.1. The van der Waals surface area contributed by atoms with Crippen molar-refractivity contribution in [2.45, 2.75) is 59.5 Å². The number of carbonyl (C=O) groups is 1. The smallest absolute Gasteiger partial charge is 0.341 e. The number of aryl methyl sites for hydroxylation is 3. The molecule has 0 saturated carbocycles. The van der Waals surface area contributed by atoms with Gasteiger partial charge in [0.25, 0.3) is 5.56 Å². The van der Waals surface area contributed by atoms with Crippen molar-refractivity contribution in [1.29, 1.82) is 0 Å². The summed E-state index contributed by atoms with van der Waals surface area (Å²) in [4.78, 5) is 56.9. The molecule has 3 N–H and O–H groups in total. The minimum Gasteiger partial charge on any atom is -0.492 e. The van der Waals surface area contributed by atoms with Gasteiger partial charge in [-0.05, 0) is 69.0 Å². The molecule has 256 valence electrons. The van der Waals surface area contributed by atoms with Crippen LogP contribution in [0.3, 0.4) is 0 Å². The molecular weight excluding hydrogens is 619 g/mol. The number of halogens is 1. The average Bonchev–Trinajstić information content (AvgIpc) is 3.06. The zero-order valence-electron chi connectivity index (χ0n) is 27.9. The number of methoxy groups -OCH3 is 1. The van der Waals surface area contributed by atoms with Crippen molar-refractivity contribution in [2.24, 2.45) is 0 Å². The molecule has 2 aromatic heterocycles. The summed E-state index contributed by atoms with van der Waals surface area (Å²) in [5.41, 5.74) is 1.87. The van der Waals surface area contributed by atoms with Gasteiger partial charge in [-0.25, -0.2) is 14.0 Å². The minimum atomic E-state index is -1.36. The Labute approximate surface area is 277 Å². The summed E-state index contributed by atoms with van der Waals surface area (Å²) in [6, 6.07) is 8.47. The van der Waals surface area contributed by atoms with Crippen LogP contribution >= 0.6 is 0 Å². The predicted octanol–water partition coefficient (Wildman–Crippen LogP) is 4.32. The normalized spacial score (nSPS) is 13.6. The molecule has 4 aromatic rings. The Morgan fingerprint density at radius 1 is 1.02 bits per heavy atom. The van der Waals surface area contributed by atoms with Crippen LogP contribution in [-0.4, -0.2) is 69.9 Å². The Kier molecular flexibility index (Phi) is 10.7. The maximum absolute atomic E-state index is 15.6. The predicted molar refractivity (Wildman–Crippen MR) is 185 cm³/mol. The van der Waals surface area contributed by atoms with Crippen LogP contribution < -0.4 is 31.6 Å². The average molecular weight is 663 g/mol. The van der Waals surface area contributed by atoms with Gasteiger partial charge in [0.2, 0.25) is 5.43 Å². The van der Waals surface area contributed by atoms with Gasteiger partial charge in [0.1, 0.15) is 17.1 Å². The van der Waals surface area contributed by atoms with Gasteiger partial charge in [0, 0.05) is 57.2 Å². The summed E-state index contributed by atoms with van der Waals surface area (Å²) >= 11 is 0. The van der Waals surface area contributed by atoms with E-state index in [0.717, 1.165) is 37.6 Å². The summed E-state index contributed by atoms with van der Waals surface area (Å²) < 4.78 is 24.0. The third-order valence-corrected chi connectivity index (χ3v) is 9.09. The second-order valence-corrected chi connectivity index (χ2v) is 12.1. The van der Waals surface area contributed by atoms with E-state index >= 15 is 4.39 Å². The van der Waals surface area contributed by atoms with Crippen LogP contribution in [0.25, 0.3) is 10.9 Å². The highest BCUT2D eigenvalue weighted by Gasteiger charge is 2.27. The zero-order chi connectivity index (χ0) is 34.5. The van der Waals surface area contributed by atoms with E-state index in [1.165, 1.54) is 35.1 Å². The van der Waals surface area contributed by atoms with Crippen molar-refractivity contribution in [3.05, 3.63) is 90.1 Å². The van der Waals surface area contributed by atoms with E-state index in [2.05, 4.69) is 29.0 Å². The molecule has 2 aromatic carbocycles. The maximum atomic E-state index is 15.6. The number of hydrogen-bond donors (Lipinski definition) is 3. The molecule has 13 heteroatoms. The number of unbranched alkanes of at least 4 members (excludes halogenated alkanes) is 2. The molecule has 0 spiro atoms. The molecule has 5 rings (SSSR count). The first kappa shape index (κ1) is 34.4. The molecule has 1 saturated heterocycles. The van der Waals surface area contributed by atoms with E-state index in [0.29, 0.717) is 57.0 Å². The number of piperazine rings is 1. The Balaban J connectivity index is 1.15. The van der Waals surface area contributed by atoms with Crippen molar-refractivity contribution in [2.75, 3.05) is 50.1 Å². The van der Waals surface area contributed by atoms with Gasteiger partial charge in [0.05, 0.1) is 18.0 Å². The molecular formula is C35H43FN6O6. The van der Waals surface area contributed by atoms with E-state index in [-0.39, 0.29) is 22.4 Å². The number of aromatic amines is 1. The number of H-pyrrole nitrogens is 1. The third kappa shape index (κ3) is 7.15. The first-order chi connectivity index (χ1) is 23.1. The number of aromatic nitrogens is 3. The van der Waals surface area contributed by atoms with Crippen LogP contribution in [0.15, 0.2) is 50.9 Å². The van der Waals surface area contributed by atoms with Gasteiger partial charge < -0.3 is 24.6 Å². The SMILES string of the molecule is CCc1cc(Nc2cc(=O)n(CCCCCN3CCN(c4c(F)cc5c(=O)c(C(=O)O)cn(CC)c5c4OC)CC3)c(=O)[nH]2)ccc1C. The molecule has 1 aliphatic rings. The number of rotatable bonds is 13. The van der Waals surface area contributed by atoms with Gasteiger partial charge in [-0.15, -0.1) is 0 Å². The molecule has 3 heterocycles. The van der Waals surface area contributed by atoms with Crippen LogP contribution in [0, 0.1) is 12.7 Å². The number of fused-ring (bicyclic) bond motifs is 1. The molecule has 12 nitrogen and oxygen atoms in total. The number of carboxylic acid groups (broad SMARTS) is 1. The number of aromatic carboxylic acids is 1. The largest absolute Gasteiger partial charge is 0.492 e. The molecule has 0 radical (unpaired) electrons. The van der Waals surface area contributed by atoms with Gasteiger partial charge in [-0.3, -0.25) is 24.0 Å². The zero-order valence-corrected chi connectivity index (χ0v) is 27.9. The lowest BCUT2D eigenvalue weighted by Crippen LogP contribution is -2.47. The number of carboxylic acids is 1. The van der Waals surface area contributed by atoms with Crippen LogP contribution in [0.4, 0.5) is 21.6 Å². The quantitative estimate of drug-likeness (QED) is 0.179. The first-order valence-corrected chi connectivity index (χ1v) is 16.4. The van der Waals surface area contributed by atoms with Gasteiger partial charge >= 0.3 is 11.7 Å². The number of ether oxygens (including phenoxy) is 1. The molecule has 0 unspecified atom stereocenters. The van der Waals surface area contributed by atoms with Crippen molar-refractivity contribution in [3.63, 3.8) is 0 Å². The lowest BCUT2D eigenvalue weighted by Gasteiger charge is -2.37. The van der Waals surface area contributed by atoms with Crippen LogP contribution in [0.2, 0.25) is 0 Å². The summed E-state index contributed by atoms with van der Waals surface area (Å²) in [5, 5.41) is 12.6. The van der Waals surface area contributed by atoms with Crippen LogP contribution in [0.5, 0.6) is 5.75 Å².